The lowest BCUT2D eigenvalue weighted by atomic mass is 10.2. The minimum atomic E-state index is 1.13. The van der Waals surface area contributed by atoms with E-state index in [0.717, 1.165) is 6.54 Å². The molecule has 0 N–H and O–H groups in total. The first-order valence-corrected chi connectivity index (χ1v) is 6.62. The van der Waals surface area contributed by atoms with Crippen LogP contribution in [-0.4, -0.2) is 54.1 Å². The Kier molecular flexibility index (Phi) is 3.89. The second-order valence-corrected chi connectivity index (χ2v) is 5.36. The van der Waals surface area contributed by atoms with Gasteiger partial charge in [0.05, 0.1) is 0 Å². The van der Waals surface area contributed by atoms with Crippen molar-refractivity contribution in [2.75, 3.05) is 39.8 Å². The van der Waals surface area contributed by atoms with E-state index in [0.29, 0.717) is 0 Å². The van der Waals surface area contributed by atoms with Crippen molar-refractivity contribution < 1.29 is 0 Å². The summed E-state index contributed by atoms with van der Waals surface area (Å²) in [5.74, 6) is 0. The number of aryl methyl sites for hydroxylation is 1. The first kappa shape index (κ1) is 12.7. The normalized spacial score (nSPS) is 18.8. The summed E-state index contributed by atoms with van der Waals surface area (Å²) >= 11 is 0. The Morgan fingerprint density at radius 2 is 1.65 bits per heavy atom. The van der Waals surface area contributed by atoms with E-state index in [2.05, 4.69) is 48.4 Å². The van der Waals surface area contributed by atoms with Crippen molar-refractivity contribution in [2.24, 2.45) is 0 Å². The van der Waals surface area contributed by atoms with Gasteiger partial charge in [0.2, 0.25) is 0 Å². The molecule has 0 aliphatic carbocycles. The topological polar surface area (TPSA) is 11.4 Å². The Hall–Kier alpha value is -0.800. The summed E-state index contributed by atoms with van der Waals surface area (Å²) in [5, 5.41) is 0. The molecule has 0 saturated carbocycles. The number of piperazine rings is 1. The van der Waals surface area contributed by atoms with Gasteiger partial charge >= 0.3 is 0 Å². The van der Waals surface area contributed by atoms with Gasteiger partial charge < -0.3 is 9.47 Å². The average Bonchev–Trinajstić information content (AvgIpc) is 2.56. The molecule has 1 saturated heterocycles. The quantitative estimate of drug-likeness (QED) is 0.789. The van der Waals surface area contributed by atoms with Crippen LogP contribution in [0.1, 0.15) is 16.8 Å². The van der Waals surface area contributed by atoms with Gasteiger partial charge in [-0.05, 0) is 38.9 Å². The van der Waals surface area contributed by atoms with Crippen LogP contribution in [0.25, 0.3) is 0 Å². The minimum absolute atomic E-state index is 1.13. The lowest BCUT2D eigenvalue weighted by Gasteiger charge is -2.32. The number of aromatic nitrogens is 1. The second kappa shape index (κ2) is 5.23. The van der Waals surface area contributed by atoms with E-state index in [4.69, 9.17) is 0 Å². The summed E-state index contributed by atoms with van der Waals surface area (Å²) in [4.78, 5) is 4.98. The van der Waals surface area contributed by atoms with Crippen molar-refractivity contribution in [3.63, 3.8) is 0 Å². The molecule has 0 unspecified atom stereocenters. The fourth-order valence-electron chi connectivity index (χ4n) is 2.48. The van der Waals surface area contributed by atoms with Crippen LogP contribution in [-0.2, 0) is 6.54 Å². The van der Waals surface area contributed by atoms with Crippen LogP contribution in [0.3, 0.4) is 0 Å². The van der Waals surface area contributed by atoms with Crippen molar-refractivity contribution in [2.45, 2.75) is 27.3 Å². The zero-order valence-corrected chi connectivity index (χ0v) is 11.7. The summed E-state index contributed by atoms with van der Waals surface area (Å²) < 4.78 is 2.41. The molecule has 1 aromatic heterocycles. The molecule has 2 heterocycles. The molecule has 3 heteroatoms. The van der Waals surface area contributed by atoms with Crippen molar-refractivity contribution >= 4 is 0 Å². The van der Waals surface area contributed by atoms with Gasteiger partial charge in [-0.15, -0.1) is 0 Å². The number of hydrogen-bond donors (Lipinski definition) is 0. The molecule has 17 heavy (non-hydrogen) atoms. The summed E-state index contributed by atoms with van der Waals surface area (Å²) in [6.45, 7) is 13.8. The van der Waals surface area contributed by atoms with Crippen molar-refractivity contribution in [1.29, 1.82) is 0 Å². The molecule has 0 atom stereocenters. The third kappa shape index (κ3) is 2.90. The van der Waals surface area contributed by atoms with Crippen LogP contribution in [0.2, 0.25) is 0 Å². The van der Waals surface area contributed by atoms with Crippen LogP contribution in [0, 0.1) is 20.8 Å². The average molecular weight is 235 g/mol. The molecule has 1 aliphatic rings. The molecule has 0 radical (unpaired) electrons. The van der Waals surface area contributed by atoms with Gasteiger partial charge in [0.25, 0.3) is 0 Å². The van der Waals surface area contributed by atoms with Crippen LogP contribution < -0.4 is 0 Å². The first-order chi connectivity index (χ1) is 8.08. The Balaban J connectivity index is 1.87. The summed E-state index contributed by atoms with van der Waals surface area (Å²) in [7, 11) is 2.21. The molecule has 0 aromatic carbocycles. The predicted octanol–water partition coefficient (Wildman–Crippen LogP) is 1.66. The molecule has 0 spiro atoms. The summed E-state index contributed by atoms with van der Waals surface area (Å²) in [5.41, 5.74) is 4.29. The fraction of sp³-hybridized carbons (Fsp3) is 0.714. The van der Waals surface area contributed by atoms with Crippen molar-refractivity contribution in [1.82, 2.24) is 14.4 Å². The predicted molar refractivity (Wildman–Crippen MR) is 72.6 cm³/mol. The highest BCUT2D eigenvalue weighted by atomic mass is 15.2. The largest absolute Gasteiger partial charge is 0.350 e. The maximum atomic E-state index is 2.57. The van der Waals surface area contributed by atoms with E-state index < -0.39 is 0 Å². The van der Waals surface area contributed by atoms with E-state index in [-0.39, 0.29) is 0 Å². The van der Waals surface area contributed by atoms with Gasteiger partial charge in [-0.2, -0.15) is 0 Å². The van der Waals surface area contributed by atoms with Crippen molar-refractivity contribution in [3.8, 4) is 0 Å². The maximum Gasteiger partial charge on any atom is 0.0350 e. The van der Waals surface area contributed by atoms with Gasteiger partial charge in [0.15, 0.2) is 0 Å². The monoisotopic (exact) mass is 235 g/mol. The SMILES string of the molecule is Cc1cn(CCN2CCN(C)CC2)c(C)c1C. The highest BCUT2D eigenvalue weighted by molar-refractivity contribution is 5.28. The molecule has 0 bridgehead atoms. The fourth-order valence-corrected chi connectivity index (χ4v) is 2.48. The van der Waals surface area contributed by atoms with Crippen LogP contribution in [0.4, 0.5) is 0 Å². The Morgan fingerprint density at radius 1 is 1.00 bits per heavy atom. The molecular weight excluding hydrogens is 210 g/mol. The van der Waals surface area contributed by atoms with E-state index >= 15 is 0 Å². The zero-order valence-electron chi connectivity index (χ0n) is 11.7. The first-order valence-electron chi connectivity index (χ1n) is 6.62. The molecule has 96 valence electrons. The van der Waals surface area contributed by atoms with Gasteiger partial charge in [-0.3, -0.25) is 4.90 Å². The summed E-state index contributed by atoms with van der Waals surface area (Å²) in [6.07, 6.45) is 2.29. The van der Waals surface area contributed by atoms with Gasteiger partial charge in [0.1, 0.15) is 0 Å². The second-order valence-electron chi connectivity index (χ2n) is 5.36. The minimum Gasteiger partial charge on any atom is -0.350 e. The Morgan fingerprint density at radius 3 is 2.18 bits per heavy atom. The molecule has 1 aliphatic heterocycles. The van der Waals surface area contributed by atoms with Gasteiger partial charge in [-0.25, -0.2) is 0 Å². The number of nitrogens with zero attached hydrogens (tertiary/aromatic N) is 3. The molecular formula is C14H25N3. The Labute approximate surface area is 105 Å². The molecule has 0 amide bonds. The smallest absolute Gasteiger partial charge is 0.0350 e. The third-order valence-corrected chi connectivity index (χ3v) is 4.17. The van der Waals surface area contributed by atoms with E-state index in [1.165, 1.54) is 49.5 Å². The molecule has 3 nitrogen and oxygen atoms in total. The highest BCUT2D eigenvalue weighted by Crippen LogP contribution is 2.14. The lowest BCUT2D eigenvalue weighted by Crippen LogP contribution is -2.45. The van der Waals surface area contributed by atoms with Crippen LogP contribution in [0.15, 0.2) is 6.20 Å². The molecule has 1 fully saturated rings. The summed E-state index contributed by atoms with van der Waals surface area (Å²) in [6, 6.07) is 0. The van der Waals surface area contributed by atoms with Crippen LogP contribution in [0.5, 0.6) is 0 Å². The number of likely N-dealkylation sites (N-methyl/N-ethyl adjacent to an activating group) is 1. The van der Waals surface area contributed by atoms with E-state index in [9.17, 15) is 0 Å². The van der Waals surface area contributed by atoms with E-state index in [1.807, 2.05) is 0 Å². The van der Waals surface area contributed by atoms with E-state index in [1.54, 1.807) is 0 Å². The number of rotatable bonds is 3. The maximum absolute atomic E-state index is 2.57. The van der Waals surface area contributed by atoms with Crippen molar-refractivity contribution in [3.05, 3.63) is 23.0 Å². The molecule has 2 rings (SSSR count). The highest BCUT2D eigenvalue weighted by Gasteiger charge is 2.13. The standard InChI is InChI=1S/C14H25N3/c1-12-11-17(14(3)13(12)2)10-9-16-7-5-15(4)6-8-16/h11H,5-10H2,1-4H3. The van der Waals surface area contributed by atoms with Crippen LogP contribution >= 0.6 is 0 Å². The number of hydrogen-bond acceptors (Lipinski definition) is 2. The molecule has 1 aromatic rings. The Bertz CT molecular complexity index is 373. The zero-order chi connectivity index (χ0) is 12.4. The van der Waals surface area contributed by atoms with Gasteiger partial charge in [-0.1, -0.05) is 0 Å². The lowest BCUT2D eigenvalue weighted by molar-refractivity contribution is 0.150. The van der Waals surface area contributed by atoms with Gasteiger partial charge in [0, 0.05) is 51.2 Å². The third-order valence-electron chi connectivity index (χ3n) is 4.17.